The summed E-state index contributed by atoms with van der Waals surface area (Å²) in [6.07, 6.45) is 1.96. The maximum absolute atomic E-state index is 8.56. The van der Waals surface area contributed by atoms with E-state index in [9.17, 15) is 0 Å². The molecule has 5 heteroatoms. The summed E-state index contributed by atoms with van der Waals surface area (Å²) in [4.78, 5) is 0. The Morgan fingerprint density at radius 3 is 1.94 bits per heavy atom. The zero-order valence-electron chi connectivity index (χ0n) is 12.1. The van der Waals surface area contributed by atoms with Gasteiger partial charge in [-0.2, -0.15) is 0 Å². The molecule has 0 bridgehead atoms. The molecule has 2 N–H and O–H groups in total. The van der Waals surface area contributed by atoms with Gasteiger partial charge in [-0.3, -0.25) is 0 Å². The summed E-state index contributed by atoms with van der Waals surface area (Å²) in [6, 6.07) is 0. The van der Waals surface area contributed by atoms with Crippen LogP contribution in [-0.2, 0) is 14.2 Å². The largest absolute Gasteiger partial charge is 0.394 e. The van der Waals surface area contributed by atoms with Gasteiger partial charge in [-0.1, -0.05) is 13.3 Å². The Bertz CT molecular complexity index is 123. The SMILES string of the molecule is CCCCOCCOCCO.CCOCC(C)O. The zero-order valence-corrected chi connectivity index (χ0v) is 12.1. The van der Waals surface area contributed by atoms with E-state index in [4.69, 9.17) is 24.4 Å². The Hall–Kier alpha value is -0.200. The fraction of sp³-hybridized carbons (Fsp3) is 1.00. The quantitative estimate of drug-likeness (QED) is 0.550. The van der Waals surface area contributed by atoms with Crippen molar-refractivity contribution in [2.75, 3.05) is 46.2 Å². The molecule has 0 saturated carbocycles. The molecule has 0 amide bonds. The molecule has 18 heavy (non-hydrogen) atoms. The van der Waals surface area contributed by atoms with Crippen LogP contribution in [0.3, 0.4) is 0 Å². The van der Waals surface area contributed by atoms with E-state index < -0.39 is 0 Å². The second-order valence-corrected chi connectivity index (χ2v) is 3.81. The molecule has 0 aliphatic carbocycles. The van der Waals surface area contributed by atoms with Crippen molar-refractivity contribution in [2.24, 2.45) is 0 Å². The molecule has 5 nitrogen and oxygen atoms in total. The second-order valence-electron chi connectivity index (χ2n) is 3.81. The lowest BCUT2D eigenvalue weighted by Crippen LogP contribution is -2.09. The fourth-order valence-electron chi connectivity index (χ4n) is 0.921. The van der Waals surface area contributed by atoms with Crippen LogP contribution in [0.25, 0.3) is 0 Å². The van der Waals surface area contributed by atoms with Gasteiger partial charge in [0, 0.05) is 13.2 Å². The van der Waals surface area contributed by atoms with Crippen LogP contribution in [0.5, 0.6) is 0 Å². The van der Waals surface area contributed by atoms with E-state index in [0.717, 1.165) is 19.4 Å². The average molecular weight is 266 g/mol. The first kappa shape index (κ1) is 20.1. The predicted molar refractivity (Wildman–Crippen MR) is 71.8 cm³/mol. The Morgan fingerprint density at radius 2 is 1.56 bits per heavy atom. The molecule has 0 aromatic carbocycles. The van der Waals surface area contributed by atoms with Crippen LogP contribution >= 0.6 is 0 Å². The molecular formula is C13H30O5. The van der Waals surface area contributed by atoms with E-state index in [2.05, 4.69) is 6.92 Å². The van der Waals surface area contributed by atoms with Crippen LogP contribution in [0.2, 0.25) is 0 Å². The number of hydrogen-bond acceptors (Lipinski definition) is 5. The van der Waals surface area contributed by atoms with Gasteiger partial charge in [0.15, 0.2) is 0 Å². The summed E-state index contributed by atoms with van der Waals surface area (Å²) in [5.74, 6) is 0. The molecule has 1 atom stereocenters. The lowest BCUT2D eigenvalue weighted by molar-refractivity contribution is 0.0324. The molecule has 0 aromatic heterocycles. The third-order valence-electron chi connectivity index (χ3n) is 1.81. The Kier molecular flexibility index (Phi) is 21.4. The second kappa shape index (κ2) is 19.1. The Balaban J connectivity index is 0. The number of unbranched alkanes of at least 4 members (excludes halogenated alkanes) is 1. The van der Waals surface area contributed by atoms with Crippen LogP contribution in [0, 0.1) is 0 Å². The van der Waals surface area contributed by atoms with E-state index in [-0.39, 0.29) is 12.7 Å². The first-order valence-electron chi connectivity index (χ1n) is 6.71. The minimum absolute atomic E-state index is 0.0922. The molecule has 0 fully saturated rings. The standard InChI is InChI=1S/C8H18O3.C5H12O2/c1-2-3-5-10-7-8-11-6-4-9;1-3-7-4-5(2)6/h9H,2-8H2,1H3;5-6H,3-4H2,1-2H3. The monoisotopic (exact) mass is 266 g/mol. The highest BCUT2D eigenvalue weighted by atomic mass is 16.5. The fourth-order valence-corrected chi connectivity index (χ4v) is 0.921. The highest BCUT2D eigenvalue weighted by Gasteiger charge is 1.90. The zero-order chi connectivity index (χ0) is 14.1. The van der Waals surface area contributed by atoms with Gasteiger partial charge >= 0.3 is 0 Å². The maximum Gasteiger partial charge on any atom is 0.0745 e. The maximum atomic E-state index is 8.56. The normalized spacial score (nSPS) is 11.8. The lowest BCUT2D eigenvalue weighted by Gasteiger charge is -2.02. The molecule has 0 saturated heterocycles. The van der Waals surface area contributed by atoms with E-state index in [1.165, 1.54) is 0 Å². The van der Waals surface area contributed by atoms with Crippen molar-refractivity contribution < 1.29 is 24.4 Å². The minimum atomic E-state index is -0.319. The number of ether oxygens (including phenoxy) is 3. The molecule has 0 aliphatic rings. The van der Waals surface area contributed by atoms with Crippen molar-refractivity contribution in [1.29, 1.82) is 0 Å². The van der Waals surface area contributed by atoms with Crippen LogP contribution in [0.1, 0.15) is 33.6 Å². The van der Waals surface area contributed by atoms with Gasteiger partial charge in [-0.05, 0) is 20.3 Å². The number of aliphatic hydroxyl groups is 2. The van der Waals surface area contributed by atoms with Crippen LogP contribution in [0.4, 0.5) is 0 Å². The summed E-state index contributed by atoms with van der Waals surface area (Å²) >= 11 is 0. The van der Waals surface area contributed by atoms with Crippen molar-refractivity contribution >= 4 is 0 Å². The highest BCUT2D eigenvalue weighted by molar-refractivity contribution is 4.38. The van der Waals surface area contributed by atoms with Crippen molar-refractivity contribution in [3.05, 3.63) is 0 Å². The van der Waals surface area contributed by atoms with Crippen molar-refractivity contribution in [3.63, 3.8) is 0 Å². The summed E-state index contributed by atoms with van der Waals surface area (Å²) in [6.45, 7) is 9.43. The molecule has 1 unspecified atom stereocenters. The molecule has 0 radical (unpaired) electrons. The highest BCUT2D eigenvalue weighted by Crippen LogP contribution is 1.87. The van der Waals surface area contributed by atoms with Crippen molar-refractivity contribution in [2.45, 2.75) is 39.7 Å². The predicted octanol–water partition coefficient (Wildman–Crippen LogP) is 1.22. The topological polar surface area (TPSA) is 68.2 Å². The summed E-state index contributed by atoms with van der Waals surface area (Å²) in [5.41, 5.74) is 0. The lowest BCUT2D eigenvalue weighted by atomic mass is 10.4. The average Bonchev–Trinajstić information content (AvgIpc) is 2.36. The Morgan fingerprint density at radius 1 is 0.944 bits per heavy atom. The smallest absolute Gasteiger partial charge is 0.0745 e. The third kappa shape index (κ3) is 24.9. The first-order valence-corrected chi connectivity index (χ1v) is 6.71. The van der Waals surface area contributed by atoms with Gasteiger partial charge in [-0.15, -0.1) is 0 Å². The van der Waals surface area contributed by atoms with Crippen LogP contribution in [-0.4, -0.2) is 62.6 Å². The van der Waals surface area contributed by atoms with Crippen molar-refractivity contribution in [3.8, 4) is 0 Å². The van der Waals surface area contributed by atoms with Crippen LogP contribution in [0.15, 0.2) is 0 Å². The van der Waals surface area contributed by atoms with Crippen molar-refractivity contribution in [1.82, 2.24) is 0 Å². The van der Waals surface area contributed by atoms with E-state index in [0.29, 0.717) is 33.0 Å². The molecule has 112 valence electrons. The van der Waals surface area contributed by atoms with Gasteiger partial charge in [0.05, 0.1) is 39.1 Å². The van der Waals surface area contributed by atoms with E-state index in [1.807, 2.05) is 6.92 Å². The number of hydrogen-bond donors (Lipinski definition) is 2. The number of rotatable bonds is 11. The first-order chi connectivity index (χ1) is 8.68. The van der Waals surface area contributed by atoms with Gasteiger partial charge in [-0.25, -0.2) is 0 Å². The summed E-state index contributed by atoms with van der Waals surface area (Å²) in [7, 11) is 0. The molecule has 0 aliphatic heterocycles. The van der Waals surface area contributed by atoms with Gasteiger partial charge in [0.1, 0.15) is 0 Å². The van der Waals surface area contributed by atoms with Gasteiger partial charge in [0.25, 0.3) is 0 Å². The molecule has 0 rings (SSSR count). The number of aliphatic hydroxyl groups excluding tert-OH is 2. The van der Waals surface area contributed by atoms with Crippen LogP contribution < -0.4 is 0 Å². The van der Waals surface area contributed by atoms with E-state index >= 15 is 0 Å². The van der Waals surface area contributed by atoms with Gasteiger partial charge in [0.2, 0.25) is 0 Å². The van der Waals surface area contributed by atoms with Gasteiger partial charge < -0.3 is 24.4 Å². The summed E-state index contributed by atoms with van der Waals surface area (Å²) < 4.78 is 15.0. The molecule has 0 spiro atoms. The van der Waals surface area contributed by atoms with E-state index in [1.54, 1.807) is 6.92 Å². The molecule has 0 aromatic rings. The molecular weight excluding hydrogens is 236 g/mol. The summed E-state index contributed by atoms with van der Waals surface area (Å²) in [5, 5.41) is 16.9. The Labute approximate surface area is 111 Å². The third-order valence-corrected chi connectivity index (χ3v) is 1.81. The molecule has 0 heterocycles. The minimum Gasteiger partial charge on any atom is -0.394 e.